The summed E-state index contributed by atoms with van der Waals surface area (Å²) in [6, 6.07) is 8.60. The van der Waals surface area contributed by atoms with E-state index in [-0.39, 0.29) is 0 Å². The normalized spacial score (nSPS) is 14.3. The van der Waals surface area contributed by atoms with Crippen LogP contribution in [-0.2, 0) is 19.4 Å². The highest BCUT2D eigenvalue weighted by atomic mass is 35.5. The fourth-order valence-corrected chi connectivity index (χ4v) is 2.90. The highest BCUT2D eigenvalue weighted by Crippen LogP contribution is 2.28. The van der Waals surface area contributed by atoms with E-state index in [2.05, 4.69) is 46.1 Å². The molecule has 4 heteroatoms. The van der Waals surface area contributed by atoms with Crippen molar-refractivity contribution in [3.63, 3.8) is 0 Å². The molecule has 0 aliphatic carbocycles. The summed E-state index contributed by atoms with van der Waals surface area (Å²) >= 11 is 6.17. The quantitative estimate of drug-likeness (QED) is 0.787. The largest absolute Gasteiger partial charge is 0.352 e. The van der Waals surface area contributed by atoms with Crippen molar-refractivity contribution in [3.05, 3.63) is 52.4 Å². The molecular weight excluding hydrogens is 258 g/mol. The average Bonchev–Trinajstić information content (AvgIpc) is 2.46. The fourth-order valence-electron chi connectivity index (χ4n) is 2.64. The van der Waals surface area contributed by atoms with Gasteiger partial charge in [0.2, 0.25) is 0 Å². The van der Waals surface area contributed by atoms with Crippen LogP contribution < -0.4 is 4.90 Å². The predicted octanol–water partition coefficient (Wildman–Crippen LogP) is 3.26. The minimum absolute atomic E-state index is 0.575. The van der Waals surface area contributed by atoms with Gasteiger partial charge in [-0.05, 0) is 24.0 Å². The zero-order valence-electron chi connectivity index (χ0n) is 10.9. The van der Waals surface area contributed by atoms with Crippen molar-refractivity contribution in [1.29, 1.82) is 0 Å². The number of fused-ring (bicyclic) bond motifs is 1. The molecule has 0 fully saturated rings. The third-order valence-electron chi connectivity index (χ3n) is 3.65. The van der Waals surface area contributed by atoms with Gasteiger partial charge in [0, 0.05) is 18.7 Å². The first-order valence-electron chi connectivity index (χ1n) is 6.60. The van der Waals surface area contributed by atoms with Crippen LogP contribution in [0, 0.1) is 0 Å². The number of rotatable bonds is 2. The molecule has 0 radical (unpaired) electrons. The minimum Gasteiger partial charge on any atom is -0.352 e. The Bertz CT molecular complexity index is 598. The third-order valence-corrected chi connectivity index (χ3v) is 3.98. The lowest BCUT2D eigenvalue weighted by Crippen LogP contribution is -2.31. The molecule has 0 spiro atoms. The lowest BCUT2D eigenvalue weighted by molar-refractivity contribution is 0.713. The summed E-state index contributed by atoms with van der Waals surface area (Å²) < 4.78 is 0. The van der Waals surface area contributed by atoms with Crippen molar-refractivity contribution >= 4 is 17.4 Å². The maximum absolute atomic E-state index is 6.17. The van der Waals surface area contributed by atoms with Gasteiger partial charge in [-0.3, -0.25) is 0 Å². The van der Waals surface area contributed by atoms with Crippen LogP contribution in [0.25, 0.3) is 0 Å². The van der Waals surface area contributed by atoms with Crippen molar-refractivity contribution in [1.82, 2.24) is 9.97 Å². The Hall–Kier alpha value is -1.61. The van der Waals surface area contributed by atoms with Crippen LogP contribution in [-0.4, -0.2) is 16.5 Å². The summed E-state index contributed by atoms with van der Waals surface area (Å²) in [6.45, 7) is 3.97. The number of nitrogens with zero attached hydrogens (tertiary/aromatic N) is 3. The van der Waals surface area contributed by atoms with Gasteiger partial charge in [-0.15, -0.1) is 0 Å². The smallest absolute Gasteiger partial charge is 0.137 e. The molecule has 1 aromatic heterocycles. The average molecular weight is 274 g/mol. The lowest BCUT2D eigenvalue weighted by Gasteiger charge is -2.31. The lowest BCUT2D eigenvalue weighted by atomic mass is 9.99. The number of hydrogen-bond donors (Lipinski definition) is 0. The molecule has 0 saturated heterocycles. The molecule has 0 bridgehead atoms. The molecule has 19 heavy (non-hydrogen) atoms. The molecule has 2 heterocycles. The van der Waals surface area contributed by atoms with E-state index in [9.17, 15) is 0 Å². The maximum Gasteiger partial charge on any atom is 0.137 e. The van der Waals surface area contributed by atoms with Gasteiger partial charge in [0.1, 0.15) is 17.3 Å². The molecule has 1 aliphatic rings. The van der Waals surface area contributed by atoms with Crippen LogP contribution in [0.3, 0.4) is 0 Å². The molecule has 0 saturated carbocycles. The second kappa shape index (κ2) is 5.17. The first-order chi connectivity index (χ1) is 9.29. The zero-order chi connectivity index (χ0) is 13.2. The van der Waals surface area contributed by atoms with Crippen LogP contribution in [0.5, 0.6) is 0 Å². The summed E-state index contributed by atoms with van der Waals surface area (Å²) in [5, 5.41) is 0.575. The molecule has 2 aromatic rings. The fraction of sp³-hybridized carbons (Fsp3) is 0.333. The van der Waals surface area contributed by atoms with Crippen molar-refractivity contribution in [2.45, 2.75) is 26.3 Å². The molecule has 1 aliphatic heterocycles. The van der Waals surface area contributed by atoms with Gasteiger partial charge in [-0.25, -0.2) is 9.97 Å². The van der Waals surface area contributed by atoms with Crippen LogP contribution in [0.1, 0.15) is 23.6 Å². The minimum atomic E-state index is 0.575. The predicted molar refractivity (Wildman–Crippen MR) is 77.6 cm³/mol. The maximum atomic E-state index is 6.17. The van der Waals surface area contributed by atoms with E-state index in [1.54, 1.807) is 6.33 Å². The Labute approximate surface area is 118 Å². The van der Waals surface area contributed by atoms with Gasteiger partial charge in [0.05, 0.1) is 0 Å². The van der Waals surface area contributed by atoms with Gasteiger partial charge < -0.3 is 4.90 Å². The van der Waals surface area contributed by atoms with Crippen LogP contribution in [0.4, 0.5) is 5.82 Å². The second-order valence-corrected chi connectivity index (χ2v) is 5.12. The molecule has 98 valence electrons. The summed E-state index contributed by atoms with van der Waals surface area (Å²) in [6.07, 6.45) is 3.46. The van der Waals surface area contributed by atoms with E-state index in [4.69, 9.17) is 11.6 Å². The SMILES string of the molecule is CCc1c(Cl)ncnc1N1CCc2ccccc2C1. The highest BCUT2D eigenvalue weighted by Gasteiger charge is 2.20. The van der Waals surface area contributed by atoms with E-state index < -0.39 is 0 Å². The number of anilines is 1. The molecular formula is C15H16ClN3. The first kappa shape index (κ1) is 12.4. The van der Waals surface area contributed by atoms with Crippen molar-refractivity contribution < 1.29 is 0 Å². The topological polar surface area (TPSA) is 29.0 Å². The molecule has 0 N–H and O–H groups in total. The van der Waals surface area contributed by atoms with E-state index in [0.717, 1.165) is 37.3 Å². The van der Waals surface area contributed by atoms with Crippen LogP contribution in [0.2, 0.25) is 5.15 Å². The van der Waals surface area contributed by atoms with Crippen LogP contribution >= 0.6 is 11.6 Å². The van der Waals surface area contributed by atoms with Gasteiger partial charge in [0.15, 0.2) is 0 Å². The van der Waals surface area contributed by atoms with Gasteiger partial charge in [-0.1, -0.05) is 42.8 Å². The monoisotopic (exact) mass is 273 g/mol. The van der Waals surface area contributed by atoms with E-state index in [0.29, 0.717) is 5.15 Å². The van der Waals surface area contributed by atoms with E-state index in [1.807, 2.05) is 0 Å². The van der Waals surface area contributed by atoms with Gasteiger partial charge in [-0.2, -0.15) is 0 Å². The third kappa shape index (κ3) is 2.30. The Morgan fingerprint density at radius 1 is 1.21 bits per heavy atom. The molecule has 0 atom stereocenters. The Morgan fingerprint density at radius 3 is 2.79 bits per heavy atom. The number of halogens is 1. The van der Waals surface area contributed by atoms with Crippen molar-refractivity contribution in [3.8, 4) is 0 Å². The molecule has 3 nitrogen and oxygen atoms in total. The first-order valence-corrected chi connectivity index (χ1v) is 6.98. The summed E-state index contributed by atoms with van der Waals surface area (Å²) in [4.78, 5) is 10.8. The molecule has 0 amide bonds. The summed E-state index contributed by atoms with van der Waals surface area (Å²) in [7, 11) is 0. The summed E-state index contributed by atoms with van der Waals surface area (Å²) in [5.41, 5.74) is 3.87. The Morgan fingerprint density at radius 2 is 2.00 bits per heavy atom. The van der Waals surface area contributed by atoms with Crippen molar-refractivity contribution in [2.24, 2.45) is 0 Å². The number of benzene rings is 1. The molecule has 1 aromatic carbocycles. The molecule has 3 rings (SSSR count). The van der Waals surface area contributed by atoms with Gasteiger partial charge in [0.25, 0.3) is 0 Å². The molecule has 0 unspecified atom stereocenters. The number of hydrogen-bond acceptors (Lipinski definition) is 3. The van der Waals surface area contributed by atoms with Crippen LogP contribution in [0.15, 0.2) is 30.6 Å². The Balaban J connectivity index is 1.95. The summed E-state index contributed by atoms with van der Waals surface area (Å²) in [5.74, 6) is 0.983. The van der Waals surface area contributed by atoms with E-state index in [1.165, 1.54) is 11.1 Å². The Kier molecular flexibility index (Phi) is 3.38. The highest BCUT2D eigenvalue weighted by molar-refractivity contribution is 6.30. The zero-order valence-corrected chi connectivity index (χ0v) is 11.7. The van der Waals surface area contributed by atoms with Crippen molar-refractivity contribution in [2.75, 3.05) is 11.4 Å². The number of aromatic nitrogens is 2. The van der Waals surface area contributed by atoms with Gasteiger partial charge >= 0.3 is 0 Å². The second-order valence-electron chi connectivity index (χ2n) is 4.76. The standard InChI is InChI=1S/C15H16ClN3/c1-2-13-14(16)17-10-18-15(13)19-8-7-11-5-3-4-6-12(11)9-19/h3-6,10H,2,7-9H2,1H3. The van der Waals surface area contributed by atoms with E-state index >= 15 is 0 Å².